The molecule has 0 spiro atoms. The molecule has 0 aromatic rings. The van der Waals surface area contributed by atoms with Gasteiger partial charge in [-0.25, -0.2) is 4.79 Å². The average molecular weight is 314 g/mol. The summed E-state index contributed by atoms with van der Waals surface area (Å²) in [6.45, 7) is 8.82. The van der Waals surface area contributed by atoms with Crippen LogP contribution in [-0.2, 0) is 9.53 Å². The number of hydrogen-bond acceptors (Lipinski definition) is 4. The van der Waals surface area contributed by atoms with E-state index in [4.69, 9.17) is 4.74 Å². The molecule has 2 N–H and O–H groups in total. The van der Waals surface area contributed by atoms with E-state index in [1.54, 1.807) is 6.92 Å². The predicted octanol–water partition coefficient (Wildman–Crippen LogP) is 2.48. The summed E-state index contributed by atoms with van der Waals surface area (Å²) >= 11 is 0. The van der Waals surface area contributed by atoms with Gasteiger partial charge < -0.3 is 15.2 Å². The third-order valence-corrected chi connectivity index (χ3v) is 3.94. The molecular weight excluding hydrogens is 284 g/mol. The maximum atomic E-state index is 11.6. The molecule has 0 heterocycles. The zero-order valence-electron chi connectivity index (χ0n) is 14.2. The van der Waals surface area contributed by atoms with Crippen molar-refractivity contribution in [3.8, 4) is 0 Å². The van der Waals surface area contributed by atoms with Crippen molar-refractivity contribution in [3.63, 3.8) is 0 Å². The van der Waals surface area contributed by atoms with Crippen LogP contribution in [0.25, 0.3) is 0 Å². The number of carbonyl (C=O) groups excluding carboxylic acids is 1. The summed E-state index contributed by atoms with van der Waals surface area (Å²) in [5.41, 5.74) is -0.526. The minimum atomic E-state index is -0.824. The second kappa shape index (κ2) is 8.36. The Balaban J connectivity index is 2.43. The molecule has 1 saturated carbocycles. The Morgan fingerprint density at radius 1 is 1.32 bits per heavy atom. The monoisotopic (exact) mass is 314 g/mol. The molecule has 1 unspecified atom stereocenters. The number of amides is 1. The summed E-state index contributed by atoms with van der Waals surface area (Å²) in [6.07, 6.45) is 4.34. The molecular formula is C16H30N2O4. The van der Waals surface area contributed by atoms with Gasteiger partial charge in [-0.2, -0.15) is 0 Å². The van der Waals surface area contributed by atoms with Crippen LogP contribution in [-0.4, -0.2) is 53.3 Å². The third kappa shape index (κ3) is 7.11. The first kappa shape index (κ1) is 18.7. The first-order valence-corrected chi connectivity index (χ1v) is 8.13. The van der Waals surface area contributed by atoms with E-state index >= 15 is 0 Å². The summed E-state index contributed by atoms with van der Waals surface area (Å²) in [5, 5.41) is 11.9. The molecule has 1 atom stereocenters. The number of alkyl carbamates (subject to hydrolysis) is 1. The first-order valence-electron chi connectivity index (χ1n) is 8.13. The quantitative estimate of drug-likeness (QED) is 0.755. The Morgan fingerprint density at radius 3 is 2.41 bits per heavy atom. The molecule has 6 heteroatoms. The van der Waals surface area contributed by atoms with Crippen LogP contribution in [0.5, 0.6) is 0 Å². The largest absolute Gasteiger partial charge is 0.480 e. The second-order valence-corrected chi connectivity index (χ2v) is 7.09. The fourth-order valence-corrected chi connectivity index (χ4v) is 2.74. The lowest BCUT2D eigenvalue weighted by molar-refractivity contribution is -0.142. The van der Waals surface area contributed by atoms with Gasteiger partial charge in [0.25, 0.3) is 0 Å². The van der Waals surface area contributed by atoms with E-state index in [0.717, 1.165) is 6.54 Å². The number of nitrogens with one attached hydrogen (secondary N) is 1. The summed E-state index contributed by atoms with van der Waals surface area (Å²) in [4.78, 5) is 24.8. The van der Waals surface area contributed by atoms with Crippen molar-refractivity contribution < 1.29 is 19.4 Å². The van der Waals surface area contributed by atoms with E-state index in [9.17, 15) is 14.7 Å². The van der Waals surface area contributed by atoms with Crippen LogP contribution in [0, 0.1) is 5.92 Å². The molecule has 22 heavy (non-hydrogen) atoms. The molecule has 1 fully saturated rings. The van der Waals surface area contributed by atoms with Crippen molar-refractivity contribution in [1.82, 2.24) is 10.2 Å². The molecule has 1 aliphatic rings. The van der Waals surface area contributed by atoms with Gasteiger partial charge in [0, 0.05) is 19.6 Å². The molecule has 0 radical (unpaired) electrons. The minimum absolute atomic E-state index is 0.388. The van der Waals surface area contributed by atoms with Crippen LogP contribution in [0.1, 0.15) is 53.4 Å². The van der Waals surface area contributed by atoms with Gasteiger partial charge in [0.15, 0.2) is 0 Å². The van der Waals surface area contributed by atoms with Gasteiger partial charge in [-0.05, 0) is 46.5 Å². The van der Waals surface area contributed by atoms with Gasteiger partial charge in [-0.15, -0.1) is 0 Å². The number of carboxylic acids is 1. The lowest BCUT2D eigenvalue weighted by atomic mass is 10.1. The van der Waals surface area contributed by atoms with Crippen LogP contribution >= 0.6 is 0 Å². The fourth-order valence-electron chi connectivity index (χ4n) is 2.74. The number of hydrogen-bond donors (Lipinski definition) is 2. The van der Waals surface area contributed by atoms with E-state index in [-0.39, 0.29) is 0 Å². The number of aliphatic carboxylic acids is 1. The standard InChI is InChI=1S/C16H30N2O4/c1-12(14(19)20)18(11-13-7-5-6-8-13)10-9-17-15(21)22-16(2,3)4/h12-13H,5-11H2,1-4H3,(H,17,21)(H,19,20). The van der Waals surface area contributed by atoms with Crippen molar-refractivity contribution in [2.45, 2.75) is 65.0 Å². The number of rotatable bonds is 7. The van der Waals surface area contributed by atoms with Gasteiger partial charge in [-0.1, -0.05) is 12.8 Å². The van der Waals surface area contributed by atoms with Gasteiger partial charge in [0.2, 0.25) is 0 Å². The highest BCUT2D eigenvalue weighted by Gasteiger charge is 2.25. The van der Waals surface area contributed by atoms with Crippen molar-refractivity contribution in [2.75, 3.05) is 19.6 Å². The molecule has 0 aromatic heterocycles. The van der Waals surface area contributed by atoms with E-state index < -0.39 is 23.7 Å². The van der Waals surface area contributed by atoms with E-state index in [1.165, 1.54) is 25.7 Å². The normalized spacial score (nSPS) is 17.5. The average Bonchev–Trinajstić information content (AvgIpc) is 2.87. The van der Waals surface area contributed by atoms with E-state index in [2.05, 4.69) is 5.32 Å². The highest BCUT2D eigenvalue weighted by atomic mass is 16.6. The zero-order chi connectivity index (χ0) is 16.8. The molecule has 128 valence electrons. The summed E-state index contributed by atoms with van der Waals surface area (Å²) < 4.78 is 5.18. The Morgan fingerprint density at radius 2 is 1.91 bits per heavy atom. The molecule has 1 rings (SSSR count). The van der Waals surface area contributed by atoms with Crippen molar-refractivity contribution in [1.29, 1.82) is 0 Å². The third-order valence-electron chi connectivity index (χ3n) is 3.94. The lowest BCUT2D eigenvalue weighted by Gasteiger charge is -2.29. The maximum Gasteiger partial charge on any atom is 0.407 e. The molecule has 1 aliphatic carbocycles. The summed E-state index contributed by atoms with van der Waals surface area (Å²) in [6, 6.07) is -0.541. The van der Waals surface area contributed by atoms with Crippen LogP contribution in [0.3, 0.4) is 0 Å². The Kier molecular flexibility index (Phi) is 7.13. The summed E-state index contributed by atoms with van der Waals surface area (Å²) in [5.74, 6) is -0.251. The fraction of sp³-hybridized carbons (Fsp3) is 0.875. The Hall–Kier alpha value is -1.30. The highest BCUT2D eigenvalue weighted by molar-refractivity contribution is 5.73. The van der Waals surface area contributed by atoms with Crippen LogP contribution in [0.2, 0.25) is 0 Å². The van der Waals surface area contributed by atoms with E-state index in [0.29, 0.717) is 19.0 Å². The van der Waals surface area contributed by atoms with Gasteiger partial charge in [0.1, 0.15) is 11.6 Å². The Bertz CT molecular complexity index is 373. The maximum absolute atomic E-state index is 11.6. The van der Waals surface area contributed by atoms with Crippen molar-refractivity contribution in [3.05, 3.63) is 0 Å². The number of carbonyl (C=O) groups is 2. The number of carboxylic acid groups (broad SMARTS) is 1. The number of nitrogens with zero attached hydrogens (tertiary/aromatic N) is 1. The molecule has 0 bridgehead atoms. The van der Waals surface area contributed by atoms with Gasteiger partial charge in [0.05, 0.1) is 0 Å². The minimum Gasteiger partial charge on any atom is -0.480 e. The van der Waals surface area contributed by atoms with Crippen molar-refractivity contribution >= 4 is 12.1 Å². The highest BCUT2D eigenvalue weighted by Crippen LogP contribution is 2.26. The predicted molar refractivity (Wildman–Crippen MR) is 84.9 cm³/mol. The molecule has 1 amide bonds. The van der Waals surface area contributed by atoms with Crippen LogP contribution in [0.4, 0.5) is 4.79 Å². The SMILES string of the molecule is CC(C(=O)O)N(CCNC(=O)OC(C)(C)C)CC1CCCC1. The zero-order valence-corrected chi connectivity index (χ0v) is 14.2. The van der Waals surface area contributed by atoms with E-state index in [1.807, 2.05) is 25.7 Å². The van der Waals surface area contributed by atoms with Crippen LogP contribution < -0.4 is 5.32 Å². The van der Waals surface area contributed by atoms with Gasteiger partial charge in [-0.3, -0.25) is 9.69 Å². The Labute approximate surface area is 133 Å². The first-order chi connectivity index (χ1) is 10.2. The topological polar surface area (TPSA) is 78.9 Å². The second-order valence-electron chi connectivity index (χ2n) is 7.09. The lowest BCUT2D eigenvalue weighted by Crippen LogP contribution is -2.45. The van der Waals surface area contributed by atoms with Crippen molar-refractivity contribution in [2.24, 2.45) is 5.92 Å². The molecule has 0 aliphatic heterocycles. The smallest absolute Gasteiger partial charge is 0.407 e. The molecule has 0 saturated heterocycles. The van der Waals surface area contributed by atoms with Crippen LogP contribution in [0.15, 0.2) is 0 Å². The molecule has 6 nitrogen and oxygen atoms in total. The molecule has 0 aromatic carbocycles. The number of ether oxygens (including phenoxy) is 1. The van der Waals surface area contributed by atoms with Gasteiger partial charge >= 0.3 is 12.1 Å². The summed E-state index contributed by atoms with van der Waals surface area (Å²) in [7, 11) is 0.